The number of carboxylic acids is 1. The molecular weight excluding hydrogens is 440 g/mol. The summed E-state index contributed by atoms with van der Waals surface area (Å²) in [7, 11) is 1.33. The fourth-order valence-electron chi connectivity index (χ4n) is 2.32. The molecule has 0 aromatic rings. The molecule has 33 heavy (non-hydrogen) atoms. The number of hydrogen-bond acceptors (Lipinski definition) is 9. The van der Waals surface area contributed by atoms with E-state index in [1.165, 1.54) is 7.11 Å². The molecule has 1 atom stereocenters. The lowest BCUT2D eigenvalue weighted by Gasteiger charge is -2.09. The van der Waals surface area contributed by atoms with Gasteiger partial charge in [-0.25, -0.2) is 5.48 Å². The maximum absolute atomic E-state index is 11.5. The number of nitrogens with two attached hydrogens (primary N) is 1. The van der Waals surface area contributed by atoms with Crippen molar-refractivity contribution in [1.82, 2.24) is 16.1 Å². The normalized spacial score (nSPS) is 11.6. The number of rotatable bonds is 22. The van der Waals surface area contributed by atoms with Crippen LogP contribution in [0.1, 0.15) is 38.5 Å². The van der Waals surface area contributed by atoms with Crippen molar-refractivity contribution >= 4 is 23.7 Å². The Morgan fingerprint density at radius 1 is 0.758 bits per heavy atom. The Hall–Kier alpha value is -2.32. The molecular formula is C20H38N4O9. The molecule has 0 bridgehead atoms. The van der Waals surface area contributed by atoms with Gasteiger partial charge in [0, 0.05) is 45.6 Å². The first kappa shape index (κ1) is 30.7. The van der Waals surface area contributed by atoms with Crippen LogP contribution in [0, 0.1) is 0 Å². The fourth-order valence-corrected chi connectivity index (χ4v) is 2.32. The molecule has 0 aliphatic carbocycles. The summed E-state index contributed by atoms with van der Waals surface area (Å²) in [5.74, 6) is -1.89. The summed E-state index contributed by atoms with van der Waals surface area (Å²) in [4.78, 5) is 49.2. The van der Waals surface area contributed by atoms with Gasteiger partial charge in [-0.2, -0.15) is 0 Å². The molecule has 0 aliphatic heterocycles. The average molecular weight is 479 g/mol. The highest BCUT2D eigenvalue weighted by atomic mass is 16.6. The zero-order valence-electron chi connectivity index (χ0n) is 19.3. The van der Waals surface area contributed by atoms with Crippen molar-refractivity contribution in [3.05, 3.63) is 0 Å². The van der Waals surface area contributed by atoms with Gasteiger partial charge in [-0.05, 0) is 19.3 Å². The highest BCUT2D eigenvalue weighted by Gasteiger charge is 2.13. The lowest BCUT2D eigenvalue weighted by molar-refractivity contribution is -0.138. The average Bonchev–Trinajstić information content (AvgIpc) is 2.78. The molecule has 0 rings (SSSR count). The highest BCUT2D eigenvalue weighted by Crippen LogP contribution is 1.95. The molecule has 0 fully saturated rings. The van der Waals surface area contributed by atoms with E-state index in [0.29, 0.717) is 65.6 Å². The molecule has 0 aliphatic rings. The lowest BCUT2D eigenvalue weighted by atomic mass is 10.1. The van der Waals surface area contributed by atoms with Crippen molar-refractivity contribution in [2.45, 2.75) is 44.6 Å². The Balaban J connectivity index is 3.29. The summed E-state index contributed by atoms with van der Waals surface area (Å²) >= 11 is 0. The molecule has 0 saturated carbocycles. The Bertz CT molecular complexity index is 564. The Kier molecular flexibility index (Phi) is 20.0. The van der Waals surface area contributed by atoms with Gasteiger partial charge in [0.15, 0.2) is 0 Å². The SMILES string of the molecule is CONC(=O)CCC(=O)NCCCOCCOCCOCCCNC(=O)CC[C@H](N)C(=O)O. The second-order valence-electron chi connectivity index (χ2n) is 6.96. The van der Waals surface area contributed by atoms with Crippen LogP contribution in [0.3, 0.4) is 0 Å². The minimum Gasteiger partial charge on any atom is -0.480 e. The van der Waals surface area contributed by atoms with Gasteiger partial charge in [-0.1, -0.05) is 0 Å². The van der Waals surface area contributed by atoms with Crippen LogP contribution in [0.2, 0.25) is 0 Å². The van der Waals surface area contributed by atoms with E-state index in [1.807, 2.05) is 0 Å². The molecule has 0 heterocycles. The monoisotopic (exact) mass is 478 g/mol. The molecule has 0 saturated heterocycles. The minimum absolute atomic E-state index is 0.0690. The van der Waals surface area contributed by atoms with Crippen molar-refractivity contribution in [3.8, 4) is 0 Å². The number of carbonyl (C=O) groups excluding carboxylic acids is 3. The van der Waals surface area contributed by atoms with Crippen LogP contribution in [-0.4, -0.2) is 94.7 Å². The Morgan fingerprint density at radius 3 is 1.70 bits per heavy atom. The number of carbonyl (C=O) groups is 4. The topological polar surface area (TPSA) is 188 Å². The molecule has 0 unspecified atom stereocenters. The molecule has 192 valence electrons. The van der Waals surface area contributed by atoms with Gasteiger partial charge in [-0.15, -0.1) is 0 Å². The lowest BCUT2D eigenvalue weighted by Crippen LogP contribution is -2.33. The Morgan fingerprint density at radius 2 is 1.21 bits per heavy atom. The van der Waals surface area contributed by atoms with Crippen LogP contribution in [-0.2, 0) is 38.2 Å². The van der Waals surface area contributed by atoms with Crippen molar-refractivity contribution in [2.75, 3.05) is 59.8 Å². The van der Waals surface area contributed by atoms with Crippen LogP contribution in [0.5, 0.6) is 0 Å². The van der Waals surface area contributed by atoms with Gasteiger partial charge < -0.3 is 35.7 Å². The molecule has 13 heteroatoms. The van der Waals surface area contributed by atoms with Gasteiger partial charge in [0.2, 0.25) is 17.7 Å². The zero-order chi connectivity index (χ0) is 24.7. The van der Waals surface area contributed by atoms with E-state index in [1.54, 1.807) is 0 Å². The standard InChI is InChI=1S/C20H38N4O9/c1-30-24-19(27)7-6-18(26)23-9-3-11-32-13-15-33-14-12-31-10-2-8-22-17(25)5-4-16(21)20(28)29/h16H,2-15,21H2,1H3,(H,22,25)(H,23,26)(H,24,27)(H,28,29)/t16-/m0/s1. The number of aliphatic carboxylic acids is 1. The molecule has 0 radical (unpaired) electrons. The predicted octanol–water partition coefficient (Wildman–Crippen LogP) is -1.30. The summed E-state index contributed by atoms with van der Waals surface area (Å²) < 4.78 is 16.2. The van der Waals surface area contributed by atoms with Crippen molar-refractivity contribution in [2.24, 2.45) is 5.73 Å². The smallest absolute Gasteiger partial charge is 0.320 e. The molecule has 0 aromatic carbocycles. The first-order valence-corrected chi connectivity index (χ1v) is 10.9. The largest absolute Gasteiger partial charge is 0.480 e. The number of hydrogen-bond donors (Lipinski definition) is 5. The van der Waals surface area contributed by atoms with E-state index >= 15 is 0 Å². The molecule has 13 nitrogen and oxygen atoms in total. The number of amides is 3. The van der Waals surface area contributed by atoms with E-state index in [0.717, 1.165) is 0 Å². The number of carboxylic acid groups (broad SMARTS) is 1. The van der Waals surface area contributed by atoms with Crippen molar-refractivity contribution < 1.29 is 43.3 Å². The van der Waals surface area contributed by atoms with Crippen LogP contribution < -0.4 is 21.8 Å². The second kappa shape index (κ2) is 21.5. The number of hydroxylamine groups is 1. The van der Waals surface area contributed by atoms with Crippen LogP contribution in [0.25, 0.3) is 0 Å². The number of nitrogens with one attached hydrogen (secondary N) is 3. The van der Waals surface area contributed by atoms with E-state index < -0.39 is 12.0 Å². The maximum atomic E-state index is 11.5. The second-order valence-corrected chi connectivity index (χ2v) is 6.96. The summed E-state index contributed by atoms with van der Waals surface area (Å²) in [5.41, 5.74) is 7.48. The fraction of sp³-hybridized carbons (Fsp3) is 0.800. The van der Waals surface area contributed by atoms with Gasteiger partial charge in [0.25, 0.3) is 0 Å². The molecule has 0 spiro atoms. The molecule has 0 aromatic heterocycles. The van der Waals surface area contributed by atoms with Crippen LogP contribution in [0.15, 0.2) is 0 Å². The molecule has 6 N–H and O–H groups in total. The summed E-state index contributed by atoms with van der Waals surface area (Å²) in [6, 6.07) is -1.02. The third-order valence-electron chi connectivity index (χ3n) is 4.11. The first-order chi connectivity index (χ1) is 15.9. The van der Waals surface area contributed by atoms with Gasteiger partial charge in [-0.3, -0.25) is 24.0 Å². The van der Waals surface area contributed by atoms with Gasteiger partial charge in [0.1, 0.15) is 6.04 Å². The van der Waals surface area contributed by atoms with Crippen LogP contribution in [0.4, 0.5) is 0 Å². The summed E-state index contributed by atoms with van der Waals surface area (Å²) in [6.07, 6.45) is 1.64. The quantitative estimate of drug-likeness (QED) is 0.0924. The van der Waals surface area contributed by atoms with Gasteiger partial charge in [0.05, 0.1) is 33.5 Å². The minimum atomic E-state index is -1.12. The van der Waals surface area contributed by atoms with Crippen LogP contribution >= 0.6 is 0 Å². The third-order valence-corrected chi connectivity index (χ3v) is 4.11. The Labute approximate surface area is 194 Å². The van der Waals surface area contributed by atoms with E-state index in [-0.39, 0.29) is 43.4 Å². The van der Waals surface area contributed by atoms with E-state index in [4.69, 9.17) is 25.1 Å². The van der Waals surface area contributed by atoms with E-state index in [2.05, 4.69) is 21.0 Å². The van der Waals surface area contributed by atoms with Gasteiger partial charge >= 0.3 is 5.97 Å². The van der Waals surface area contributed by atoms with E-state index in [9.17, 15) is 19.2 Å². The number of ether oxygens (including phenoxy) is 3. The zero-order valence-corrected chi connectivity index (χ0v) is 19.3. The summed E-state index contributed by atoms with van der Waals surface area (Å²) in [5, 5.41) is 14.0. The highest BCUT2D eigenvalue weighted by molar-refractivity contribution is 5.83. The first-order valence-electron chi connectivity index (χ1n) is 10.9. The summed E-state index contributed by atoms with van der Waals surface area (Å²) in [6.45, 7) is 3.58. The maximum Gasteiger partial charge on any atom is 0.320 e. The van der Waals surface area contributed by atoms with Crippen molar-refractivity contribution in [3.63, 3.8) is 0 Å². The predicted molar refractivity (Wildman–Crippen MR) is 117 cm³/mol. The van der Waals surface area contributed by atoms with Crippen molar-refractivity contribution in [1.29, 1.82) is 0 Å². The third kappa shape index (κ3) is 21.3. The molecule has 3 amide bonds.